The molecule has 4 nitrogen and oxygen atoms in total. The van der Waals surface area contributed by atoms with E-state index in [1.54, 1.807) is 7.11 Å². The number of hydrogen-bond donors (Lipinski definition) is 2. The van der Waals surface area contributed by atoms with Crippen molar-refractivity contribution in [1.82, 2.24) is 10.2 Å². The predicted molar refractivity (Wildman–Crippen MR) is 81.5 cm³/mol. The fourth-order valence-electron chi connectivity index (χ4n) is 2.57. The van der Waals surface area contributed by atoms with Crippen LogP contribution in [-0.4, -0.2) is 43.3 Å². The molecule has 0 saturated carbocycles. The maximum absolute atomic E-state index is 10.2. The fourth-order valence-corrected chi connectivity index (χ4v) is 2.57. The molecule has 112 valence electrons. The smallest absolute Gasteiger partial charge is 0.164 e. The fraction of sp³-hybridized carbons (Fsp3) is 0.625. The number of phenols is 1. The van der Waals surface area contributed by atoms with Gasteiger partial charge in [0.2, 0.25) is 0 Å². The summed E-state index contributed by atoms with van der Waals surface area (Å²) in [6.45, 7) is 11.4. The minimum atomic E-state index is 0.0158. The van der Waals surface area contributed by atoms with E-state index in [0.717, 1.165) is 43.9 Å². The number of ether oxygens (including phenoxy) is 1. The van der Waals surface area contributed by atoms with Crippen LogP contribution >= 0.6 is 0 Å². The molecule has 0 aromatic heterocycles. The normalized spacial score (nSPS) is 17.2. The molecule has 1 saturated heterocycles. The van der Waals surface area contributed by atoms with Gasteiger partial charge in [0.05, 0.1) is 7.11 Å². The number of rotatable bonds is 3. The first-order chi connectivity index (χ1) is 9.41. The minimum absolute atomic E-state index is 0.0158. The topological polar surface area (TPSA) is 44.7 Å². The lowest BCUT2D eigenvalue weighted by molar-refractivity contribution is 0.229. The molecule has 1 aromatic rings. The highest BCUT2D eigenvalue weighted by atomic mass is 16.5. The van der Waals surface area contributed by atoms with E-state index in [4.69, 9.17) is 4.74 Å². The van der Waals surface area contributed by atoms with Crippen molar-refractivity contribution < 1.29 is 9.84 Å². The van der Waals surface area contributed by atoms with Crippen LogP contribution in [0.4, 0.5) is 0 Å². The van der Waals surface area contributed by atoms with E-state index in [9.17, 15) is 5.11 Å². The average molecular weight is 278 g/mol. The number of phenolic OH excluding ortho intramolecular Hbond substituents is 1. The molecular formula is C16H26N2O2. The summed E-state index contributed by atoms with van der Waals surface area (Å²) in [5.74, 6) is 0.849. The van der Waals surface area contributed by atoms with Crippen molar-refractivity contribution in [2.45, 2.75) is 32.7 Å². The maximum Gasteiger partial charge on any atom is 0.164 e. The molecular weight excluding hydrogens is 252 g/mol. The lowest BCUT2D eigenvalue weighted by Crippen LogP contribution is -2.42. The molecule has 0 spiro atoms. The number of methoxy groups -OCH3 is 1. The van der Waals surface area contributed by atoms with Gasteiger partial charge in [-0.1, -0.05) is 20.8 Å². The zero-order valence-corrected chi connectivity index (χ0v) is 13.0. The number of hydrogen-bond acceptors (Lipinski definition) is 4. The highest BCUT2D eigenvalue weighted by Crippen LogP contribution is 2.36. The van der Waals surface area contributed by atoms with Gasteiger partial charge in [-0.2, -0.15) is 0 Å². The lowest BCUT2D eigenvalue weighted by Gasteiger charge is -2.29. The molecule has 0 amide bonds. The molecule has 20 heavy (non-hydrogen) atoms. The molecule has 0 radical (unpaired) electrons. The molecule has 0 bridgehead atoms. The Kier molecular flexibility index (Phi) is 4.55. The minimum Gasteiger partial charge on any atom is -0.504 e. The zero-order valence-electron chi connectivity index (χ0n) is 13.0. The quantitative estimate of drug-likeness (QED) is 0.889. The Morgan fingerprint density at radius 2 is 1.90 bits per heavy atom. The van der Waals surface area contributed by atoms with E-state index in [1.165, 1.54) is 0 Å². The third-order valence-corrected chi connectivity index (χ3v) is 3.82. The van der Waals surface area contributed by atoms with E-state index in [1.807, 2.05) is 6.07 Å². The Bertz CT molecular complexity index is 460. The van der Waals surface area contributed by atoms with Crippen LogP contribution in [0.5, 0.6) is 11.5 Å². The number of nitrogens with one attached hydrogen (secondary N) is 1. The largest absolute Gasteiger partial charge is 0.504 e. The monoisotopic (exact) mass is 278 g/mol. The van der Waals surface area contributed by atoms with Crippen LogP contribution in [0, 0.1) is 0 Å². The van der Waals surface area contributed by atoms with E-state index in [-0.39, 0.29) is 11.2 Å². The van der Waals surface area contributed by atoms with E-state index in [0.29, 0.717) is 5.75 Å². The van der Waals surface area contributed by atoms with Gasteiger partial charge in [0.1, 0.15) is 0 Å². The molecule has 4 heteroatoms. The van der Waals surface area contributed by atoms with Gasteiger partial charge in [0.25, 0.3) is 0 Å². The Balaban J connectivity index is 2.30. The first kappa shape index (κ1) is 15.1. The number of piperazine rings is 1. The summed E-state index contributed by atoms with van der Waals surface area (Å²) in [5, 5.41) is 13.6. The Morgan fingerprint density at radius 1 is 1.25 bits per heavy atom. The van der Waals surface area contributed by atoms with Crippen LogP contribution in [0.2, 0.25) is 0 Å². The average Bonchev–Trinajstić information content (AvgIpc) is 2.38. The summed E-state index contributed by atoms with van der Waals surface area (Å²) < 4.78 is 5.39. The van der Waals surface area contributed by atoms with E-state index >= 15 is 0 Å². The first-order valence-corrected chi connectivity index (χ1v) is 7.25. The molecule has 1 fully saturated rings. The standard InChI is InChI=1S/C16H26N2O2/c1-16(2,3)13-9-12(15(20-4)14(19)10-13)11-18-7-5-17-6-8-18/h9-10,17,19H,5-8,11H2,1-4H3. The van der Waals surface area contributed by atoms with E-state index in [2.05, 4.69) is 37.1 Å². The van der Waals surface area contributed by atoms with Crippen molar-refractivity contribution in [2.75, 3.05) is 33.3 Å². The Hall–Kier alpha value is -1.26. The predicted octanol–water partition coefficient (Wildman–Crippen LogP) is 2.10. The summed E-state index contributed by atoms with van der Waals surface area (Å²) in [5.41, 5.74) is 2.22. The SMILES string of the molecule is COc1c(O)cc(C(C)(C)C)cc1CN1CCNCC1. The van der Waals surface area contributed by atoms with Crippen molar-refractivity contribution in [1.29, 1.82) is 0 Å². The molecule has 0 aliphatic carbocycles. The first-order valence-electron chi connectivity index (χ1n) is 7.25. The van der Waals surface area contributed by atoms with Crippen LogP contribution < -0.4 is 10.1 Å². The van der Waals surface area contributed by atoms with Crippen molar-refractivity contribution in [3.63, 3.8) is 0 Å². The molecule has 1 aromatic carbocycles. The molecule has 1 heterocycles. The summed E-state index contributed by atoms with van der Waals surface area (Å²) in [4.78, 5) is 2.39. The molecule has 1 aliphatic rings. The Morgan fingerprint density at radius 3 is 2.45 bits per heavy atom. The van der Waals surface area contributed by atoms with Crippen molar-refractivity contribution in [2.24, 2.45) is 0 Å². The van der Waals surface area contributed by atoms with Gasteiger partial charge in [-0.3, -0.25) is 4.90 Å². The second-order valence-electron chi connectivity index (χ2n) is 6.46. The van der Waals surface area contributed by atoms with Crippen LogP contribution in [0.1, 0.15) is 31.9 Å². The number of nitrogens with zero attached hydrogens (tertiary/aromatic N) is 1. The van der Waals surface area contributed by atoms with Gasteiger partial charge in [0.15, 0.2) is 11.5 Å². The summed E-state index contributed by atoms with van der Waals surface area (Å²) in [6.07, 6.45) is 0. The molecule has 0 atom stereocenters. The van der Waals surface area contributed by atoms with Crippen LogP contribution in [0.3, 0.4) is 0 Å². The van der Waals surface area contributed by atoms with Gasteiger partial charge >= 0.3 is 0 Å². The van der Waals surface area contributed by atoms with Crippen LogP contribution in [0.25, 0.3) is 0 Å². The maximum atomic E-state index is 10.2. The van der Waals surface area contributed by atoms with E-state index < -0.39 is 0 Å². The summed E-state index contributed by atoms with van der Waals surface area (Å²) in [7, 11) is 1.62. The second kappa shape index (κ2) is 6.02. The van der Waals surface area contributed by atoms with Crippen molar-refractivity contribution in [3.05, 3.63) is 23.3 Å². The summed E-state index contributed by atoms with van der Waals surface area (Å²) in [6, 6.07) is 3.99. The molecule has 2 rings (SSSR count). The van der Waals surface area contributed by atoms with Crippen molar-refractivity contribution >= 4 is 0 Å². The molecule has 2 N–H and O–H groups in total. The second-order valence-corrected chi connectivity index (χ2v) is 6.46. The third-order valence-electron chi connectivity index (χ3n) is 3.82. The van der Waals surface area contributed by atoms with Gasteiger partial charge < -0.3 is 15.2 Å². The highest BCUT2D eigenvalue weighted by Gasteiger charge is 2.21. The lowest BCUT2D eigenvalue weighted by atomic mass is 9.85. The zero-order chi connectivity index (χ0) is 14.8. The third kappa shape index (κ3) is 3.44. The summed E-state index contributed by atoms with van der Waals surface area (Å²) >= 11 is 0. The van der Waals surface area contributed by atoms with Gasteiger partial charge in [0, 0.05) is 38.3 Å². The van der Waals surface area contributed by atoms with Gasteiger partial charge in [-0.25, -0.2) is 0 Å². The number of benzene rings is 1. The van der Waals surface area contributed by atoms with Crippen LogP contribution in [0.15, 0.2) is 12.1 Å². The van der Waals surface area contributed by atoms with Crippen molar-refractivity contribution in [3.8, 4) is 11.5 Å². The number of aromatic hydroxyl groups is 1. The van der Waals surface area contributed by atoms with Gasteiger partial charge in [-0.15, -0.1) is 0 Å². The highest BCUT2D eigenvalue weighted by molar-refractivity contribution is 5.50. The molecule has 0 unspecified atom stereocenters. The molecule has 1 aliphatic heterocycles. The Labute approximate surface area is 121 Å². The van der Waals surface area contributed by atoms with Crippen LogP contribution in [-0.2, 0) is 12.0 Å². The van der Waals surface area contributed by atoms with Gasteiger partial charge in [-0.05, 0) is 23.1 Å².